The van der Waals surface area contributed by atoms with E-state index in [0.717, 1.165) is 15.6 Å². The van der Waals surface area contributed by atoms with Crippen LogP contribution in [0.25, 0.3) is 4.85 Å². The van der Waals surface area contributed by atoms with Gasteiger partial charge in [0.25, 0.3) is 5.69 Å². The largest absolute Gasteiger partial charge is 1.00 e. The smallest absolute Gasteiger partial charge is 0.829 e. The number of carbonyl (C=O) groups excluding carboxylic acids is 1. The third-order valence-electron chi connectivity index (χ3n) is 11.1. The predicted molar refractivity (Wildman–Crippen MR) is 213 cm³/mol. The van der Waals surface area contributed by atoms with Crippen molar-refractivity contribution in [1.29, 1.82) is 5.26 Å². The summed E-state index contributed by atoms with van der Waals surface area (Å²) in [5.41, 5.74) is 13.1. The summed E-state index contributed by atoms with van der Waals surface area (Å²) >= 11 is 0.544. The SMILES string of the molecule is [C-]#[N+]c1cnn(C2CC(SOO[O-])CC(S(=O)(=O)[O-])C2)c1N=Nc1c(C)nn(C2NC([O-])NC(n3nc(C)c(N=Nc4c(C#N)cnn4C4CC(C(=O)[O-])CC(S(=O)(=O)[O-])C4)c3N)N2)c1N.[Li+].[Li+].[Li+].[Li+].[Li+]. The zero-order valence-electron chi connectivity index (χ0n) is 39.1. The molecule has 2 aliphatic carbocycles. The van der Waals surface area contributed by atoms with E-state index in [1.165, 1.54) is 29.4 Å². The number of hydrogen-bond donors (Lipinski definition) is 5. The van der Waals surface area contributed by atoms with E-state index in [9.17, 15) is 51.5 Å². The molecule has 1 aliphatic heterocycles. The Kier molecular flexibility index (Phi) is 23.9. The van der Waals surface area contributed by atoms with Crippen molar-refractivity contribution in [2.45, 2.75) is 99.1 Å². The number of hydrogen-bond acceptors (Lipinski definition) is 27. The van der Waals surface area contributed by atoms with Crippen LogP contribution in [-0.2, 0) is 34.4 Å². The Morgan fingerprint density at radius 3 is 1.79 bits per heavy atom. The summed E-state index contributed by atoms with van der Waals surface area (Å²) in [4.78, 5) is 15.2. The number of azo groups is 2. The second-order valence-electron chi connectivity index (χ2n) is 15.3. The third-order valence-corrected chi connectivity index (χ3v) is 14.3. The van der Waals surface area contributed by atoms with E-state index >= 15 is 0 Å². The Balaban J connectivity index is 0.00000346. The van der Waals surface area contributed by atoms with Gasteiger partial charge >= 0.3 is 94.3 Å². The molecule has 3 aliphatic rings. The van der Waals surface area contributed by atoms with Crippen molar-refractivity contribution in [2.24, 2.45) is 26.4 Å². The number of nitrogens with zero attached hydrogens (tertiary/aromatic N) is 14. The molecule has 4 aromatic rings. The van der Waals surface area contributed by atoms with Crippen LogP contribution >= 0.6 is 12.0 Å². The van der Waals surface area contributed by atoms with E-state index in [2.05, 4.69) is 71.0 Å². The molecule has 9 atom stereocenters. The van der Waals surface area contributed by atoms with Gasteiger partial charge in [0.2, 0.25) is 0 Å². The number of carboxylic acid groups (broad SMARTS) is 1. The number of rotatable bonds is 14. The number of nitrogens with two attached hydrogens (primary N) is 2. The summed E-state index contributed by atoms with van der Waals surface area (Å²) in [6.45, 7) is 10.7. The van der Waals surface area contributed by atoms with Crippen LogP contribution in [0.15, 0.2) is 32.9 Å². The summed E-state index contributed by atoms with van der Waals surface area (Å²) in [5.74, 6) is -3.44. The van der Waals surface area contributed by atoms with Crippen molar-refractivity contribution in [3.8, 4) is 6.07 Å². The number of anilines is 2. The monoisotopic (exact) mass is 1010 g/mol. The Labute approximate surface area is 468 Å². The average Bonchev–Trinajstić information content (AvgIpc) is 4.02. The second-order valence-corrected chi connectivity index (χ2v) is 19.6. The molecule has 0 aromatic carbocycles. The van der Waals surface area contributed by atoms with Gasteiger partial charge in [-0.15, -0.1) is 20.5 Å². The molecule has 7 rings (SSSR count). The first-order valence-electron chi connectivity index (χ1n) is 19.3. The Hall–Kier alpha value is -3.03. The zero-order chi connectivity index (χ0) is 47.8. The maximum Gasteiger partial charge on any atom is 1.00 e. The van der Waals surface area contributed by atoms with Crippen molar-refractivity contribution in [1.82, 2.24) is 55.1 Å². The fourth-order valence-corrected chi connectivity index (χ4v) is 10.8. The first-order valence-corrected chi connectivity index (χ1v) is 23.1. The molecule has 9 unspecified atom stereocenters. The van der Waals surface area contributed by atoms with Gasteiger partial charge in [-0.2, -0.15) is 30.0 Å². The molecular formula is C32H36Li5N19O12S3. The minimum absolute atomic E-state index is 0. The molecule has 0 spiro atoms. The predicted octanol–water partition coefficient (Wildman–Crippen LogP) is -16.6. The molecule has 4 aromatic heterocycles. The van der Waals surface area contributed by atoms with Crippen LogP contribution in [0, 0.1) is 37.7 Å². The van der Waals surface area contributed by atoms with E-state index in [-0.39, 0.29) is 184 Å². The summed E-state index contributed by atoms with van der Waals surface area (Å²) in [6.07, 6.45) is -2.89. The minimum atomic E-state index is -4.91. The molecule has 7 N–H and O–H groups in total. The molecule has 31 nitrogen and oxygen atoms in total. The number of nitrogen functional groups attached to an aromatic ring is 2. The maximum absolute atomic E-state index is 13.1. The topological polar surface area (TPSA) is 456 Å². The number of aliphatic carboxylic acids is 1. The van der Waals surface area contributed by atoms with Crippen LogP contribution in [0.4, 0.5) is 40.3 Å². The fraction of sp³-hybridized carbons (Fsp3) is 0.531. The fourth-order valence-electron chi connectivity index (χ4n) is 8.04. The Morgan fingerprint density at radius 2 is 1.30 bits per heavy atom. The van der Waals surface area contributed by atoms with E-state index < -0.39 is 85.3 Å². The Morgan fingerprint density at radius 1 is 0.803 bits per heavy atom. The van der Waals surface area contributed by atoms with E-state index in [1.54, 1.807) is 0 Å². The molecule has 1 saturated heterocycles. The van der Waals surface area contributed by atoms with Crippen LogP contribution in [0.2, 0.25) is 0 Å². The van der Waals surface area contributed by atoms with Gasteiger partial charge in [0, 0.05) is 29.2 Å². The van der Waals surface area contributed by atoms with E-state index in [1.807, 2.05) is 6.07 Å². The number of carboxylic acids is 1. The quantitative estimate of drug-likeness (QED) is 0.0149. The van der Waals surface area contributed by atoms with Gasteiger partial charge in [-0.05, 0) is 58.7 Å². The van der Waals surface area contributed by atoms with Crippen LogP contribution < -0.4 is 137 Å². The minimum Gasteiger partial charge on any atom is -0.829 e. The molecule has 71 heavy (non-hydrogen) atoms. The molecule has 354 valence electrons. The van der Waals surface area contributed by atoms with Crippen molar-refractivity contribution in [3.05, 3.63) is 40.8 Å². The number of nitriles is 1. The van der Waals surface area contributed by atoms with Gasteiger partial charge in [0.15, 0.2) is 47.2 Å². The van der Waals surface area contributed by atoms with Crippen molar-refractivity contribution < 1.29 is 150 Å². The van der Waals surface area contributed by atoms with Gasteiger partial charge in [-0.25, -0.2) is 41.0 Å². The molecule has 3 fully saturated rings. The molecule has 0 radical (unpaired) electrons. The van der Waals surface area contributed by atoms with Gasteiger partial charge in [0.05, 0.1) is 73.2 Å². The molecule has 39 heteroatoms. The number of aromatic nitrogens is 8. The van der Waals surface area contributed by atoms with Crippen LogP contribution in [0.3, 0.4) is 0 Å². The maximum atomic E-state index is 13.1. The second kappa shape index (κ2) is 26.4. The summed E-state index contributed by atoms with van der Waals surface area (Å²) in [6, 6.07) is 0.0812. The first-order chi connectivity index (χ1) is 31.2. The van der Waals surface area contributed by atoms with Crippen molar-refractivity contribution >= 4 is 78.6 Å². The molecular weight excluding hydrogens is 973 g/mol. The standard InChI is InChI=1S/C32H40N19O12S3.5Li/c1-13-23(42-44-27-16(10-33)11-37-48(27)17-4-15(29(52)53)5-20(7-17)65(56,57)58)25(34)50(46-13)30-39-31(41-32(54)40-30)51-26(35)24(14(2)47-51)43-45-28-22(36-3)12-38-49(28)18-6-19(64-63-62-55)9-21(8-18)66(59,60)61;;;;;/h11-12,15,17-21,30-32,39-41,55H,4-9,34-35H2,1-2H3,(H,52,53)(H,56,57,58)(H,59,60,61);;;;;/q-1;5*+1/p-4. The normalized spacial score (nSPS) is 24.6. The van der Waals surface area contributed by atoms with E-state index in [0.29, 0.717) is 12.0 Å². The Bertz CT molecular complexity index is 2890. The number of nitrogens with one attached hydrogen (secondary N) is 3. The van der Waals surface area contributed by atoms with Gasteiger partial charge in [-0.1, -0.05) is 0 Å². The van der Waals surface area contributed by atoms with Gasteiger partial charge < -0.3 is 40.8 Å². The van der Waals surface area contributed by atoms with Crippen molar-refractivity contribution in [2.75, 3.05) is 11.5 Å². The van der Waals surface area contributed by atoms with Gasteiger partial charge in [-0.3, -0.25) is 20.4 Å². The molecule has 2 saturated carbocycles. The third kappa shape index (κ3) is 14.2. The molecule has 5 heterocycles. The summed E-state index contributed by atoms with van der Waals surface area (Å²) in [7, 11) is -9.71. The number of aryl methyl sites for hydroxylation is 2. The first kappa shape index (κ1) is 64.1. The average molecular weight is 1010 g/mol. The summed E-state index contributed by atoms with van der Waals surface area (Å²) < 4.78 is 81.1. The molecule has 0 amide bonds. The van der Waals surface area contributed by atoms with Crippen LogP contribution in [0.5, 0.6) is 0 Å². The van der Waals surface area contributed by atoms with Crippen molar-refractivity contribution in [3.63, 3.8) is 0 Å². The van der Waals surface area contributed by atoms with Gasteiger partial charge in [0.1, 0.15) is 11.6 Å². The zero-order valence-corrected chi connectivity index (χ0v) is 41.6. The molecule has 0 bridgehead atoms. The van der Waals surface area contributed by atoms with E-state index in [4.69, 9.17) is 18.0 Å². The van der Waals surface area contributed by atoms with Crippen LogP contribution in [0.1, 0.15) is 80.1 Å². The summed E-state index contributed by atoms with van der Waals surface area (Å²) in [5, 5.41) is 87.3. The van der Waals surface area contributed by atoms with Crippen LogP contribution in [-0.4, -0.2) is 93.1 Å². The number of carbonyl (C=O) groups is 1.